The van der Waals surface area contributed by atoms with Gasteiger partial charge in [-0.15, -0.1) is 0 Å². The highest BCUT2D eigenvalue weighted by Gasteiger charge is 1.94. The predicted octanol–water partition coefficient (Wildman–Crippen LogP) is 1.31. The molecule has 0 atom stereocenters. The lowest BCUT2D eigenvalue weighted by Crippen LogP contribution is -2.06. The van der Waals surface area contributed by atoms with Crippen LogP contribution in [0.5, 0.6) is 0 Å². The predicted molar refractivity (Wildman–Crippen MR) is 58.6 cm³/mol. The standard InChI is InChI=1S/C10H17N3O/c1-2-11-9-5-3-6-10(13-9)12-7-4-8-14/h3,5-6,14H,2,4,7-8H2,1H3,(H2,11,12,13). The van der Waals surface area contributed by atoms with E-state index in [1.165, 1.54) is 0 Å². The highest BCUT2D eigenvalue weighted by molar-refractivity contribution is 5.44. The summed E-state index contributed by atoms with van der Waals surface area (Å²) in [4.78, 5) is 4.33. The topological polar surface area (TPSA) is 57.2 Å². The van der Waals surface area contributed by atoms with Crippen molar-refractivity contribution in [3.8, 4) is 0 Å². The van der Waals surface area contributed by atoms with Gasteiger partial charge in [-0.25, -0.2) is 4.98 Å². The highest BCUT2D eigenvalue weighted by Crippen LogP contribution is 2.08. The molecule has 0 aromatic carbocycles. The molecule has 0 saturated carbocycles. The lowest BCUT2D eigenvalue weighted by Gasteiger charge is -2.06. The average molecular weight is 195 g/mol. The van der Waals surface area contributed by atoms with Crippen LogP contribution in [0, 0.1) is 0 Å². The zero-order valence-electron chi connectivity index (χ0n) is 8.45. The summed E-state index contributed by atoms with van der Waals surface area (Å²) in [5.74, 6) is 1.72. The number of anilines is 2. The first-order chi connectivity index (χ1) is 6.86. The van der Waals surface area contributed by atoms with Crippen LogP contribution in [-0.4, -0.2) is 29.8 Å². The Kier molecular flexibility index (Phi) is 4.78. The summed E-state index contributed by atoms with van der Waals surface area (Å²) < 4.78 is 0. The van der Waals surface area contributed by atoms with Crippen molar-refractivity contribution in [2.45, 2.75) is 13.3 Å². The Morgan fingerprint density at radius 3 is 2.64 bits per heavy atom. The van der Waals surface area contributed by atoms with Crippen molar-refractivity contribution in [2.24, 2.45) is 0 Å². The summed E-state index contributed by atoms with van der Waals surface area (Å²) in [5, 5.41) is 14.9. The fourth-order valence-corrected chi connectivity index (χ4v) is 1.11. The molecule has 4 heteroatoms. The highest BCUT2D eigenvalue weighted by atomic mass is 16.3. The van der Waals surface area contributed by atoms with Gasteiger partial charge in [0, 0.05) is 19.7 Å². The largest absolute Gasteiger partial charge is 0.396 e. The van der Waals surface area contributed by atoms with Crippen molar-refractivity contribution in [2.75, 3.05) is 30.3 Å². The van der Waals surface area contributed by atoms with E-state index < -0.39 is 0 Å². The summed E-state index contributed by atoms with van der Waals surface area (Å²) in [6.07, 6.45) is 0.743. The van der Waals surface area contributed by atoms with E-state index in [1.807, 2.05) is 25.1 Å². The van der Waals surface area contributed by atoms with Crippen LogP contribution < -0.4 is 10.6 Å². The molecule has 14 heavy (non-hydrogen) atoms. The van der Waals surface area contributed by atoms with Gasteiger partial charge in [0.2, 0.25) is 0 Å². The Balaban J connectivity index is 2.46. The molecule has 1 aromatic rings. The summed E-state index contributed by atoms with van der Waals surface area (Å²) >= 11 is 0. The molecule has 0 bridgehead atoms. The summed E-state index contributed by atoms with van der Waals surface area (Å²) in [5.41, 5.74) is 0. The van der Waals surface area contributed by atoms with Gasteiger partial charge >= 0.3 is 0 Å². The van der Waals surface area contributed by atoms with Crippen LogP contribution in [0.4, 0.5) is 11.6 Å². The van der Waals surface area contributed by atoms with E-state index in [9.17, 15) is 0 Å². The third-order valence-corrected chi connectivity index (χ3v) is 1.75. The van der Waals surface area contributed by atoms with E-state index in [2.05, 4.69) is 15.6 Å². The van der Waals surface area contributed by atoms with Crippen molar-refractivity contribution < 1.29 is 5.11 Å². The van der Waals surface area contributed by atoms with Gasteiger partial charge in [-0.1, -0.05) is 6.07 Å². The molecule has 0 radical (unpaired) electrons. The first-order valence-corrected chi connectivity index (χ1v) is 4.92. The first-order valence-electron chi connectivity index (χ1n) is 4.92. The molecule has 0 fully saturated rings. The van der Waals surface area contributed by atoms with E-state index in [1.54, 1.807) is 0 Å². The number of hydrogen-bond acceptors (Lipinski definition) is 4. The molecule has 78 valence electrons. The number of nitrogens with one attached hydrogen (secondary N) is 2. The quantitative estimate of drug-likeness (QED) is 0.599. The minimum absolute atomic E-state index is 0.208. The smallest absolute Gasteiger partial charge is 0.128 e. The second-order valence-electron chi connectivity index (χ2n) is 2.94. The van der Waals surface area contributed by atoms with Crippen molar-refractivity contribution in [3.63, 3.8) is 0 Å². The monoisotopic (exact) mass is 195 g/mol. The minimum Gasteiger partial charge on any atom is -0.396 e. The van der Waals surface area contributed by atoms with Crippen LogP contribution >= 0.6 is 0 Å². The van der Waals surface area contributed by atoms with Crippen molar-refractivity contribution >= 4 is 11.6 Å². The maximum Gasteiger partial charge on any atom is 0.128 e. The van der Waals surface area contributed by atoms with Crippen molar-refractivity contribution in [1.82, 2.24) is 4.98 Å². The van der Waals surface area contributed by atoms with Crippen LogP contribution in [0.3, 0.4) is 0 Å². The fraction of sp³-hybridized carbons (Fsp3) is 0.500. The van der Waals surface area contributed by atoms with Crippen LogP contribution in [0.15, 0.2) is 18.2 Å². The maximum absolute atomic E-state index is 8.61. The molecular weight excluding hydrogens is 178 g/mol. The van der Waals surface area contributed by atoms with Gasteiger partial charge in [-0.05, 0) is 25.5 Å². The van der Waals surface area contributed by atoms with Crippen LogP contribution in [0.25, 0.3) is 0 Å². The SMILES string of the molecule is CCNc1cccc(NCCCO)n1. The molecule has 3 N–H and O–H groups in total. The molecule has 0 amide bonds. The lowest BCUT2D eigenvalue weighted by molar-refractivity contribution is 0.292. The first kappa shape index (κ1) is 10.8. The molecule has 1 rings (SSSR count). The van der Waals surface area contributed by atoms with E-state index in [0.717, 1.165) is 31.1 Å². The molecule has 0 aliphatic rings. The number of rotatable bonds is 6. The third-order valence-electron chi connectivity index (χ3n) is 1.75. The van der Waals surface area contributed by atoms with Gasteiger partial charge in [0.05, 0.1) is 0 Å². The Hall–Kier alpha value is -1.29. The van der Waals surface area contributed by atoms with Gasteiger partial charge in [0.15, 0.2) is 0 Å². The number of aliphatic hydroxyl groups is 1. The Bertz CT molecular complexity index is 265. The van der Waals surface area contributed by atoms with Gasteiger partial charge < -0.3 is 15.7 Å². The van der Waals surface area contributed by atoms with E-state index in [-0.39, 0.29) is 6.61 Å². The Labute approximate surface area is 84.4 Å². The summed E-state index contributed by atoms with van der Waals surface area (Å²) in [6, 6.07) is 5.80. The number of pyridine rings is 1. The molecule has 0 aliphatic carbocycles. The Morgan fingerprint density at radius 1 is 1.29 bits per heavy atom. The van der Waals surface area contributed by atoms with E-state index in [4.69, 9.17) is 5.11 Å². The second-order valence-corrected chi connectivity index (χ2v) is 2.94. The molecular formula is C10H17N3O. The molecule has 0 aliphatic heterocycles. The number of aliphatic hydroxyl groups excluding tert-OH is 1. The zero-order chi connectivity index (χ0) is 10.2. The number of aromatic nitrogens is 1. The molecule has 0 unspecified atom stereocenters. The lowest BCUT2D eigenvalue weighted by atomic mass is 10.4. The average Bonchev–Trinajstić information content (AvgIpc) is 2.19. The third kappa shape index (κ3) is 3.62. The fourth-order valence-electron chi connectivity index (χ4n) is 1.11. The molecule has 4 nitrogen and oxygen atoms in total. The van der Waals surface area contributed by atoms with Gasteiger partial charge in [0.1, 0.15) is 11.6 Å². The van der Waals surface area contributed by atoms with Crippen molar-refractivity contribution in [3.05, 3.63) is 18.2 Å². The summed E-state index contributed by atoms with van der Waals surface area (Å²) in [6.45, 7) is 3.86. The van der Waals surface area contributed by atoms with E-state index >= 15 is 0 Å². The summed E-state index contributed by atoms with van der Waals surface area (Å²) in [7, 11) is 0. The minimum atomic E-state index is 0.208. The molecule has 1 heterocycles. The molecule has 1 aromatic heterocycles. The van der Waals surface area contributed by atoms with Crippen LogP contribution in [0.2, 0.25) is 0 Å². The zero-order valence-corrected chi connectivity index (χ0v) is 8.45. The second kappa shape index (κ2) is 6.21. The maximum atomic E-state index is 8.61. The van der Waals surface area contributed by atoms with Crippen molar-refractivity contribution in [1.29, 1.82) is 0 Å². The molecule has 0 saturated heterocycles. The van der Waals surface area contributed by atoms with Gasteiger partial charge in [-0.3, -0.25) is 0 Å². The number of nitrogens with zero attached hydrogens (tertiary/aromatic N) is 1. The molecule has 0 spiro atoms. The van der Waals surface area contributed by atoms with E-state index in [0.29, 0.717) is 0 Å². The normalized spacial score (nSPS) is 9.86. The van der Waals surface area contributed by atoms with Crippen LogP contribution in [-0.2, 0) is 0 Å². The number of hydrogen-bond donors (Lipinski definition) is 3. The van der Waals surface area contributed by atoms with Gasteiger partial charge in [0.25, 0.3) is 0 Å². The van der Waals surface area contributed by atoms with Gasteiger partial charge in [-0.2, -0.15) is 0 Å². The van der Waals surface area contributed by atoms with Crippen LogP contribution in [0.1, 0.15) is 13.3 Å². The Morgan fingerprint density at radius 2 is 2.00 bits per heavy atom.